The highest BCUT2D eigenvalue weighted by atomic mass is 19.1. The number of para-hydroxylation sites is 1. The molecule has 0 radical (unpaired) electrons. The van der Waals surface area contributed by atoms with E-state index >= 15 is 0 Å². The minimum atomic E-state index is -1.13. The second-order valence-corrected chi connectivity index (χ2v) is 6.30. The largest absolute Gasteiger partial charge is 0.478 e. The third-order valence-electron chi connectivity index (χ3n) is 4.64. The molecule has 1 unspecified atom stereocenters. The van der Waals surface area contributed by atoms with E-state index in [9.17, 15) is 18.8 Å². The summed E-state index contributed by atoms with van der Waals surface area (Å²) in [5.74, 6) is -2.49. The van der Waals surface area contributed by atoms with Gasteiger partial charge in [0, 0.05) is 13.6 Å². The van der Waals surface area contributed by atoms with Crippen molar-refractivity contribution in [2.75, 3.05) is 18.5 Å². The van der Waals surface area contributed by atoms with Crippen molar-refractivity contribution < 1.29 is 23.9 Å². The lowest BCUT2D eigenvalue weighted by Crippen LogP contribution is -2.43. The van der Waals surface area contributed by atoms with E-state index in [1.54, 1.807) is 12.1 Å². The van der Waals surface area contributed by atoms with Gasteiger partial charge in [-0.3, -0.25) is 9.59 Å². The Labute approximate surface area is 155 Å². The molecule has 1 aromatic heterocycles. The maximum atomic E-state index is 14.0. The Morgan fingerprint density at radius 2 is 1.96 bits per heavy atom. The topological polar surface area (TPSA) is 90.8 Å². The van der Waals surface area contributed by atoms with Crippen molar-refractivity contribution in [3.05, 3.63) is 59.2 Å². The number of anilines is 1. The quantitative estimate of drug-likeness (QED) is 0.889. The van der Waals surface area contributed by atoms with Crippen LogP contribution in [0.15, 0.2) is 36.4 Å². The number of aromatic nitrogens is 1. The van der Waals surface area contributed by atoms with E-state index in [-0.39, 0.29) is 28.5 Å². The number of halogens is 1. The number of amides is 2. The van der Waals surface area contributed by atoms with E-state index in [0.717, 1.165) is 0 Å². The smallest absolute Gasteiger partial charge is 0.337 e. The van der Waals surface area contributed by atoms with Gasteiger partial charge < -0.3 is 14.9 Å². The first-order chi connectivity index (χ1) is 12.8. The molecule has 1 aromatic carbocycles. The molecule has 2 aromatic rings. The summed E-state index contributed by atoms with van der Waals surface area (Å²) < 4.78 is 14.0. The van der Waals surface area contributed by atoms with Gasteiger partial charge in [-0.25, -0.2) is 14.2 Å². The van der Waals surface area contributed by atoms with Crippen molar-refractivity contribution in [3.8, 4) is 0 Å². The molecule has 1 saturated heterocycles. The number of aromatic carboxylic acids is 1. The zero-order chi connectivity index (χ0) is 19.7. The molecule has 27 heavy (non-hydrogen) atoms. The first-order valence-electron chi connectivity index (χ1n) is 8.35. The summed E-state index contributed by atoms with van der Waals surface area (Å²) in [5.41, 5.74) is 0.465. The maximum absolute atomic E-state index is 14.0. The number of carbonyl (C=O) groups is 3. The number of hydrogen-bond donors (Lipinski definition) is 1. The summed E-state index contributed by atoms with van der Waals surface area (Å²) >= 11 is 0. The van der Waals surface area contributed by atoms with Crippen LogP contribution in [0.5, 0.6) is 0 Å². The van der Waals surface area contributed by atoms with E-state index in [1.807, 2.05) is 0 Å². The molecule has 1 aliphatic rings. The number of pyridine rings is 1. The first-order valence-corrected chi connectivity index (χ1v) is 8.35. The SMILES string of the molecule is Cc1nc(C(=O)N(C)C2CCN(c3ccccc3F)C2=O)ccc1C(=O)O. The summed E-state index contributed by atoms with van der Waals surface area (Å²) in [7, 11) is 1.48. The number of aryl methyl sites for hydroxylation is 1. The van der Waals surface area contributed by atoms with Crippen LogP contribution in [0.2, 0.25) is 0 Å². The molecule has 0 aliphatic carbocycles. The first kappa shape index (κ1) is 18.5. The Balaban J connectivity index is 1.80. The third-order valence-corrected chi connectivity index (χ3v) is 4.64. The fourth-order valence-corrected chi connectivity index (χ4v) is 3.16. The monoisotopic (exact) mass is 371 g/mol. The fourth-order valence-electron chi connectivity index (χ4n) is 3.16. The molecule has 0 saturated carbocycles. The lowest BCUT2D eigenvalue weighted by atomic mass is 10.1. The fraction of sp³-hybridized carbons (Fsp3) is 0.263. The van der Waals surface area contributed by atoms with Gasteiger partial charge in [0.05, 0.1) is 16.9 Å². The zero-order valence-electron chi connectivity index (χ0n) is 14.8. The average Bonchev–Trinajstić information content (AvgIpc) is 3.01. The molecule has 2 amide bonds. The summed E-state index contributed by atoms with van der Waals surface area (Å²) in [6, 6.07) is 7.88. The molecular weight excluding hydrogens is 353 g/mol. The molecular formula is C19H18FN3O4. The average molecular weight is 371 g/mol. The minimum Gasteiger partial charge on any atom is -0.478 e. The molecule has 1 atom stereocenters. The van der Waals surface area contributed by atoms with E-state index in [1.165, 1.54) is 48.0 Å². The summed E-state index contributed by atoms with van der Waals surface area (Å²) in [5, 5.41) is 9.06. The van der Waals surface area contributed by atoms with Crippen LogP contribution < -0.4 is 4.90 Å². The molecule has 1 aliphatic heterocycles. The van der Waals surface area contributed by atoms with E-state index in [4.69, 9.17) is 5.11 Å². The van der Waals surface area contributed by atoms with Gasteiger partial charge in [0.15, 0.2) is 0 Å². The summed E-state index contributed by atoms with van der Waals surface area (Å²) in [6.07, 6.45) is 0.363. The molecule has 2 heterocycles. The van der Waals surface area contributed by atoms with Crippen molar-refractivity contribution in [1.82, 2.24) is 9.88 Å². The van der Waals surface area contributed by atoms with Crippen molar-refractivity contribution in [2.24, 2.45) is 0 Å². The number of rotatable bonds is 4. The lowest BCUT2D eigenvalue weighted by Gasteiger charge is -2.24. The molecule has 140 valence electrons. The minimum absolute atomic E-state index is 0.0110. The molecule has 1 N–H and O–H groups in total. The lowest BCUT2D eigenvalue weighted by molar-refractivity contribution is -0.120. The van der Waals surface area contributed by atoms with Gasteiger partial charge in [0.1, 0.15) is 17.6 Å². The van der Waals surface area contributed by atoms with Crippen LogP contribution in [0.25, 0.3) is 0 Å². The second kappa shape index (κ2) is 7.14. The molecule has 1 fully saturated rings. The Hall–Kier alpha value is -3.29. The van der Waals surface area contributed by atoms with Crippen molar-refractivity contribution >= 4 is 23.5 Å². The molecule has 7 nitrogen and oxygen atoms in total. The van der Waals surface area contributed by atoms with E-state index in [2.05, 4.69) is 4.98 Å². The Morgan fingerprint density at radius 3 is 2.59 bits per heavy atom. The van der Waals surface area contributed by atoms with Crippen LogP contribution >= 0.6 is 0 Å². The highest BCUT2D eigenvalue weighted by Gasteiger charge is 2.38. The number of likely N-dealkylation sites (N-methyl/N-ethyl adjacent to an activating group) is 1. The van der Waals surface area contributed by atoms with Gasteiger partial charge in [-0.2, -0.15) is 0 Å². The van der Waals surface area contributed by atoms with E-state index in [0.29, 0.717) is 13.0 Å². The number of carboxylic acids is 1. The van der Waals surface area contributed by atoms with Gasteiger partial charge in [0.2, 0.25) is 5.91 Å². The van der Waals surface area contributed by atoms with Crippen LogP contribution in [0.1, 0.15) is 33.0 Å². The van der Waals surface area contributed by atoms with Crippen LogP contribution in [-0.4, -0.2) is 52.4 Å². The zero-order valence-corrected chi connectivity index (χ0v) is 14.8. The van der Waals surface area contributed by atoms with Gasteiger partial charge in [0.25, 0.3) is 5.91 Å². The van der Waals surface area contributed by atoms with Gasteiger partial charge in [-0.05, 0) is 37.6 Å². The normalized spacial score (nSPS) is 16.5. The van der Waals surface area contributed by atoms with Gasteiger partial charge in [-0.15, -0.1) is 0 Å². The van der Waals surface area contributed by atoms with Crippen molar-refractivity contribution in [1.29, 1.82) is 0 Å². The van der Waals surface area contributed by atoms with Gasteiger partial charge in [-0.1, -0.05) is 12.1 Å². The van der Waals surface area contributed by atoms with Crippen LogP contribution in [-0.2, 0) is 4.79 Å². The number of hydrogen-bond acceptors (Lipinski definition) is 4. The Morgan fingerprint density at radius 1 is 1.26 bits per heavy atom. The Kier molecular flexibility index (Phi) is 4.89. The highest BCUT2D eigenvalue weighted by molar-refractivity contribution is 6.03. The van der Waals surface area contributed by atoms with Crippen LogP contribution in [0, 0.1) is 12.7 Å². The van der Waals surface area contributed by atoms with Crippen molar-refractivity contribution in [2.45, 2.75) is 19.4 Å². The standard InChI is InChI=1S/C19H18FN3O4/c1-11-12(19(26)27)7-8-14(21-11)17(24)22(2)16-9-10-23(18(16)25)15-6-4-3-5-13(15)20/h3-8,16H,9-10H2,1-2H3,(H,26,27). The van der Waals surface area contributed by atoms with Crippen molar-refractivity contribution in [3.63, 3.8) is 0 Å². The molecule has 8 heteroatoms. The molecule has 3 rings (SSSR count). The highest BCUT2D eigenvalue weighted by Crippen LogP contribution is 2.26. The predicted octanol–water partition coefficient (Wildman–Crippen LogP) is 2.10. The Bertz CT molecular complexity index is 931. The number of carbonyl (C=O) groups excluding carboxylic acids is 2. The maximum Gasteiger partial charge on any atom is 0.337 e. The molecule has 0 spiro atoms. The molecule has 0 bridgehead atoms. The number of nitrogens with zero attached hydrogens (tertiary/aromatic N) is 3. The van der Waals surface area contributed by atoms with Crippen LogP contribution in [0.4, 0.5) is 10.1 Å². The van der Waals surface area contributed by atoms with E-state index < -0.39 is 23.7 Å². The van der Waals surface area contributed by atoms with Gasteiger partial charge >= 0.3 is 5.97 Å². The summed E-state index contributed by atoms with van der Waals surface area (Å²) in [4.78, 5) is 43.1. The second-order valence-electron chi connectivity index (χ2n) is 6.30. The summed E-state index contributed by atoms with van der Waals surface area (Å²) in [6.45, 7) is 1.80. The predicted molar refractivity (Wildman–Crippen MR) is 95.2 cm³/mol. The third kappa shape index (κ3) is 3.38. The number of carboxylic acid groups (broad SMARTS) is 1. The number of benzene rings is 1. The van der Waals surface area contributed by atoms with Crippen LogP contribution in [0.3, 0.4) is 0 Å².